The highest BCUT2D eigenvalue weighted by Gasteiger charge is 2.09. The van der Waals surface area contributed by atoms with Crippen LogP contribution < -0.4 is 0 Å². The highest BCUT2D eigenvalue weighted by molar-refractivity contribution is 5.75. The third-order valence-electron chi connectivity index (χ3n) is 8.41. The van der Waals surface area contributed by atoms with Gasteiger partial charge in [0, 0.05) is 19.9 Å². The lowest BCUT2D eigenvalue weighted by Gasteiger charge is -2.17. The summed E-state index contributed by atoms with van der Waals surface area (Å²) in [7, 11) is 1.82. The zero-order chi connectivity index (χ0) is 31.5. The number of rotatable bonds is 33. The van der Waals surface area contributed by atoms with Gasteiger partial charge in [0.2, 0.25) is 5.91 Å². The van der Waals surface area contributed by atoms with Crippen LogP contribution in [0.1, 0.15) is 194 Å². The molecule has 0 heterocycles. The summed E-state index contributed by atoms with van der Waals surface area (Å²) in [5.74, 6) is 0.0293. The van der Waals surface area contributed by atoms with Gasteiger partial charge in [0.25, 0.3) is 0 Å². The SMILES string of the molecule is CCCCCCCC/C=C\CCCCCCCC(=O)N(C)CCOC(=O)CCCCCCC/C=C/CCCCCCCC. The lowest BCUT2D eigenvalue weighted by atomic mass is 10.1. The van der Waals surface area contributed by atoms with Crippen LogP contribution in [0.5, 0.6) is 0 Å². The summed E-state index contributed by atoms with van der Waals surface area (Å²) >= 11 is 0. The van der Waals surface area contributed by atoms with Crippen molar-refractivity contribution in [2.45, 2.75) is 194 Å². The van der Waals surface area contributed by atoms with Gasteiger partial charge >= 0.3 is 5.97 Å². The second kappa shape index (κ2) is 34.9. The Bertz CT molecular complexity index is 657. The molecule has 0 aliphatic rings. The van der Waals surface area contributed by atoms with Gasteiger partial charge in [-0.3, -0.25) is 9.59 Å². The molecule has 0 saturated heterocycles. The van der Waals surface area contributed by atoms with Crippen LogP contribution in [0.15, 0.2) is 24.3 Å². The first-order valence-corrected chi connectivity index (χ1v) is 18.8. The number of ether oxygens (including phenoxy) is 1. The smallest absolute Gasteiger partial charge is 0.305 e. The third kappa shape index (κ3) is 33.2. The number of allylic oxidation sites excluding steroid dienone is 4. The normalized spacial score (nSPS) is 11.6. The second-order valence-corrected chi connectivity index (χ2v) is 12.7. The summed E-state index contributed by atoms with van der Waals surface area (Å²) in [5.41, 5.74) is 0. The van der Waals surface area contributed by atoms with E-state index in [4.69, 9.17) is 4.74 Å². The summed E-state index contributed by atoms with van der Waals surface area (Å²) in [6.07, 6.45) is 43.2. The van der Waals surface area contributed by atoms with Gasteiger partial charge in [0.05, 0.1) is 6.54 Å². The molecule has 0 aliphatic carbocycles. The molecule has 0 atom stereocenters. The van der Waals surface area contributed by atoms with Gasteiger partial charge < -0.3 is 9.64 Å². The monoisotopic (exact) mass is 604 g/mol. The van der Waals surface area contributed by atoms with Crippen molar-refractivity contribution in [3.63, 3.8) is 0 Å². The van der Waals surface area contributed by atoms with E-state index in [9.17, 15) is 9.59 Å². The second-order valence-electron chi connectivity index (χ2n) is 12.7. The van der Waals surface area contributed by atoms with E-state index in [2.05, 4.69) is 38.2 Å². The Morgan fingerprint density at radius 2 is 0.837 bits per heavy atom. The Hall–Kier alpha value is -1.58. The molecule has 252 valence electrons. The van der Waals surface area contributed by atoms with Crippen LogP contribution in [0.25, 0.3) is 0 Å². The number of unbranched alkanes of at least 4 members (excludes halogenated alkanes) is 22. The zero-order valence-electron chi connectivity index (χ0n) is 29.2. The van der Waals surface area contributed by atoms with Gasteiger partial charge in [-0.25, -0.2) is 0 Å². The van der Waals surface area contributed by atoms with Crippen LogP contribution in [-0.2, 0) is 14.3 Å². The van der Waals surface area contributed by atoms with Gasteiger partial charge in [-0.2, -0.15) is 0 Å². The summed E-state index contributed by atoms with van der Waals surface area (Å²) in [5, 5.41) is 0. The first-order chi connectivity index (χ1) is 21.1. The van der Waals surface area contributed by atoms with Crippen molar-refractivity contribution in [1.29, 1.82) is 0 Å². The molecule has 0 spiro atoms. The third-order valence-corrected chi connectivity index (χ3v) is 8.41. The molecule has 0 saturated carbocycles. The minimum absolute atomic E-state index is 0.129. The van der Waals surface area contributed by atoms with E-state index in [1.807, 2.05) is 7.05 Å². The van der Waals surface area contributed by atoms with E-state index >= 15 is 0 Å². The van der Waals surface area contributed by atoms with Crippen molar-refractivity contribution >= 4 is 11.9 Å². The Kier molecular flexibility index (Phi) is 33.6. The molecule has 4 nitrogen and oxygen atoms in total. The van der Waals surface area contributed by atoms with Crippen molar-refractivity contribution in [3.05, 3.63) is 24.3 Å². The van der Waals surface area contributed by atoms with Gasteiger partial charge in [0.1, 0.15) is 6.61 Å². The van der Waals surface area contributed by atoms with Gasteiger partial charge in [-0.1, -0.05) is 141 Å². The molecule has 0 unspecified atom stereocenters. The van der Waals surface area contributed by atoms with E-state index < -0.39 is 0 Å². The number of carbonyl (C=O) groups excluding carboxylic acids is 2. The average molecular weight is 604 g/mol. The van der Waals surface area contributed by atoms with Crippen LogP contribution in [0.4, 0.5) is 0 Å². The zero-order valence-corrected chi connectivity index (χ0v) is 29.2. The van der Waals surface area contributed by atoms with Crippen molar-refractivity contribution in [2.75, 3.05) is 20.2 Å². The number of likely N-dealkylation sites (N-methyl/N-ethyl adjacent to an activating group) is 1. The highest BCUT2D eigenvalue weighted by atomic mass is 16.5. The number of hydrogen-bond acceptors (Lipinski definition) is 3. The van der Waals surface area contributed by atoms with E-state index in [1.54, 1.807) is 4.90 Å². The van der Waals surface area contributed by atoms with Crippen LogP contribution in [0, 0.1) is 0 Å². The minimum atomic E-state index is -0.129. The molecular weight excluding hydrogens is 530 g/mol. The molecular formula is C39H73NO3. The average Bonchev–Trinajstić information content (AvgIpc) is 3.00. The summed E-state index contributed by atoms with van der Waals surface area (Å²) in [4.78, 5) is 26.1. The Balaban J connectivity index is 3.46. The van der Waals surface area contributed by atoms with Crippen LogP contribution in [0.2, 0.25) is 0 Å². The van der Waals surface area contributed by atoms with Gasteiger partial charge in [0.15, 0.2) is 0 Å². The Morgan fingerprint density at radius 3 is 1.26 bits per heavy atom. The molecule has 43 heavy (non-hydrogen) atoms. The standard InChI is InChI=1S/C39H73NO3/c1-4-6-8-10-12-14-16-18-20-22-24-26-28-30-32-34-38(41)40(3)36-37-43-39(42)35-33-31-29-27-25-23-21-19-17-15-13-11-9-7-5-2/h18-21H,4-17,22-37H2,1-3H3/b20-18-,21-19+. The topological polar surface area (TPSA) is 46.6 Å². The predicted molar refractivity (Wildman–Crippen MR) is 187 cm³/mol. The molecule has 1 amide bonds. The maximum absolute atomic E-state index is 12.4. The molecule has 0 aromatic carbocycles. The van der Waals surface area contributed by atoms with E-state index in [1.165, 1.54) is 141 Å². The van der Waals surface area contributed by atoms with Crippen molar-refractivity contribution in [1.82, 2.24) is 4.90 Å². The van der Waals surface area contributed by atoms with Crippen molar-refractivity contribution < 1.29 is 14.3 Å². The summed E-state index contributed by atoms with van der Waals surface area (Å²) < 4.78 is 5.37. The van der Waals surface area contributed by atoms with Crippen molar-refractivity contribution in [2.24, 2.45) is 0 Å². The first-order valence-electron chi connectivity index (χ1n) is 18.8. The molecule has 0 aromatic rings. The molecule has 0 aromatic heterocycles. The fourth-order valence-corrected chi connectivity index (χ4v) is 5.37. The fourth-order valence-electron chi connectivity index (χ4n) is 5.37. The lowest BCUT2D eigenvalue weighted by Crippen LogP contribution is -2.30. The van der Waals surface area contributed by atoms with Crippen LogP contribution >= 0.6 is 0 Å². The molecule has 4 heteroatoms. The number of carbonyl (C=O) groups is 2. The number of nitrogens with zero attached hydrogens (tertiary/aromatic N) is 1. The van der Waals surface area contributed by atoms with E-state index in [0.29, 0.717) is 26.0 Å². The maximum Gasteiger partial charge on any atom is 0.305 e. The highest BCUT2D eigenvalue weighted by Crippen LogP contribution is 2.12. The Morgan fingerprint density at radius 1 is 0.488 bits per heavy atom. The summed E-state index contributed by atoms with van der Waals surface area (Å²) in [6.45, 7) is 5.33. The molecule has 0 N–H and O–H groups in total. The molecule has 0 rings (SSSR count). The largest absolute Gasteiger partial charge is 0.464 e. The predicted octanol–water partition coefficient (Wildman–Crippen LogP) is 12.1. The quantitative estimate of drug-likeness (QED) is 0.0426. The van der Waals surface area contributed by atoms with Gasteiger partial charge in [-0.15, -0.1) is 0 Å². The minimum Gasteiger partial charge on any atom is -0.464 e. The van der Waals surface area contributed by atoms with Crippen LogP contribution in [-0.4, -0.2) is 37.0 Å². The molecule has 0 fully saturated rings. The van der Waals surface area contributed by atoms with E-state index in [0.717, 1.165) is 25.7 Å². The molecule has 0 bridgehead atoms. The van der Waals surface area contributed by atoms with Crippen molar-refractivity contribution in [3.8, 4) is 0 Å². The summed E-state index contributed by atoms with van der Waals surface area (Å²) in [6, 6.07) is 0. The Labute approximate surface area is 268 Å². The lowest BCUT2D eigenvalue weighted by molar-refractivity contribution is -0.145. The maximum atomic E-state index is 12.4. The number of hydrogen-bond donors (Lipinski definition) is 0. The first kappa shape index (κ1) is 41.4. The molecule has 0 radical (unpaired) electrons. The van der Waals surface area contributed by atoms with Crippen LogP contribution in [0.3, 0.4) is 0 Å². The van der Waals surface area contributed by atoms with Gasteiger partial charge in [-0.05, 0) is 64.2 Å². The number of esters is 1. The van der Waals surface area contributed by atoms with E-state index in [-0.39, 0.29) is 11.9 Å². The number of amides is 1. The molecule has 0 aliphatic heterocycles. The fraction of sp³-hybridized carbons (Fsp3) is 0.846.